The van der Waals surface area contributed by atoms with E-state index in [1.54, 1.807) is 13.8 Å². The predicted octanol–water partition coefficient (Wildman–Crippen LogP) is 5.98. The topological polar surface area (TPSA) is 159 Å². The number of benzene rings is 2. The molecule has 2 fully saturated rings. The summed E-state index contributed by atoms with van der Waals surface area (Å²) >= 11 is 0. The number of aromatic amines is 1. The lowest BCUT2D eigenvalue weighted by molar-refractivity contribution is -0.147. The number of likely N-dealkylation sites (tertiary alicyclic amines) is 2. The van der Waals surface area contributed by atoms with Crippen LogP contribution in [-0.2, 0) is 31.9 Å². The number of carboxylic acid groups (broad SMARTS) is 1. The molecule has 282 valence electrons. The van der Waals surface area contributed by atoms with Crippen LogP contribution >= 0.6 is 0 Å². The van der Waals surface area contributed by atoms with E-state index in [2.05, 4.69) is 5.16 Å². The normalized spacial score (nSPS) is 21.5. The highest BCUT2D eigenvalue weighted by Gasteiger charge is 2.44. The van der Waals surface area contributed by atoms with Gasteiger partial charge >= 0.3 is 18.2 Å². The number of halogens is 4. The first-order valence-corrected chi connectivity index (χ1v) is 16.7. The van der Waals surface area contributed by atoms with Crippen molar-refractivity contribution in [3.63, 3.8) is 0 Å². The number of rotatable bonds is 9. The number of amides is 2. The van der Waals surface area contributed by atoms with Crippen molar-refractivity contribution in [2.24, 2.45) is 5.92 Å². The first kappa shape index (κ1) is 39.6. The number of hydrogen-bond acceptors (Lipinski definition) is 8. The maximum absolute atomic E-state index is 14.1. The average Bonchev–Trinajstić information content (AvgIpc) is 3.54. The number of esters is 1. The van der Waals surface area contributed by atoms with Crippen molar-refractivity contribution < 1.29 is 55.8 Å². The minimum Gasteiger partial charge on any atom is -0.466 e. The Morgan fingerprint density at radius 2 is 1.60 bits per heavy atom. The van der Waals surface area contributed by atoms with Crippen LogP contribution in [0.15, 0.2) is 51.8 Å². The summed E-state index contributed by atoms with van der Waals surface area (Å²) in [6.45, 7) is 3.74. The minimum absolute atomic E-state index is 0.0127. The molecular weight excluding hydrogens is 694 g/mol. The van der Waals surface area contributed by atoms with Crippen molar-refractivity contribution in [1.29, 1.82) is 0 Å². The molecule has 2 aromatic carbocycles. The quantitative estimate of drug-likeness (QED) is 0.153. The molecule has 0 bridgehead atoms. The number of nitrogens with one attached hydrogen (secondary N) is 1. The van der Waals surface area contributed by atoms with Crippen molar-refractivity contribution in [2.75, 3.05) is 26.8 Å². The summed E-state index contributed by atoms with van der Waals surface area (Å²) in [5.74, 6) is -4.04. The van der Waals surface area contributed by atoms with Gasteiger partial charge in [0.15, 0.2) is 0 Å². The largest absolute Gasteiger partial charge is 0.466 e. The predicted molar refractivity (Wildman–Crippen MR) is 176 cm³/mol. The number of carbonyl (C=O) groups excluding carboxylic acids is 3. The molecule has 2 aliphatic heterocycles. The number of methoxy groups -OCH3 is 1. The van der Waals surface area contributed by atoms with Gasteiger partial charge in [0, 0.05) is 60.1 Å². The van der Waals surface area contributed by atoms with Gasteiger partial charge < -0.3 is 28.9 Å². The molecule has 1 aromatic heterocycles. The molecule has 0 saturated carbocycles. The molecule has 0 aliphatic carbocycles. The van der Waals surface area contributed by atoms with E-state index in [1.807, 2.05) is 0 Å². The molecule has 52 heavy (non-hydrogen) atoms. The van der Waals surface area contributed by atoms with E-state index in [-0.39, 0.29) is 67.2 Å². The molecular formula is C36H41F4N3O9. The highest BCUT2D eigenvalue weighted by molar-refractivity contribution is 5.97. The Labute approximate surface area is 296 Å². The molecule has 2 aliphatic rings. The zero-order valence-corrected chi connectivity index (χ0v) is 29.0. The van der Waals surface area contributed by atoms with Gasteiger partial charge in [-0.2, -0.15) is 5.16 Å². The molecule has 5 rings (SSSR count). The highest BCUT2D eigenvalue weighted by atomic mass is 19.1. The number of Topliss-reactive ketones (excluding diaryl/α,β-unsaturated/α-hetero) is 1. The minimum atomic E-state index is -1.22. The van der Waals surface area contributed by atoms with Crippen molar-refractivity contribution in [1.82, 2.24) is 15.0 Å². The second-order valence-corrected chi connectivity index (χ2v) is 13.0. The molecule has 0 spiro atoms. The van der Waals surface area contributed by atoms with Crippen LogP contribution in [0.2, 0.25) is 0 Å². The number of ether oxygens (including phenoxy) is 2. The Hall–Kier alpha value is -5.15. The van der Waals surface area contributed by atoms with Crippen LogP contribution in [0.3, 0.4) is 0 Å². The molecule has 2 saturated heterocycles. The van der Waals surface area contributed by atoms with Gasteiger partial charge in [-0.25, -0.2) is 27.2 Å². The second-order valence-electron chi connectivity index (χ2n) is 13.0. The van der Waals surface area contributed by atoms with Gasteiger partial charge in [-0.15, -0.1) is 0 Å². The fraction of sp³-hybridized carbons (Fsp3) is 0.472. The van der Waals surface area contributed by atoms with E-state index in [4.69, 9.17) is 14.0 Å². The fourth-order valence-electron chi connectivity index (χ4n) is 6.97. The van der Waals surface area contributed by atoms with Gasteiger partial charge in [0.05, 0.1) is 13.7 Å². The maximum atomic E-state index is 14.1. The van der Waals surface area contributed by atoms with Crippen molar-refractivity contribution in [3.05, 3.63) is 93.0 Å². The lowest BCUT2D eigenvalue weighted by Crippen LogP contribution is -2.56. The van der Waals surface area contributed by atoms with Gasteiger partial charge in [-0.3, -0.25) is 14.4 Å². The van der Waals surface area contributed by atoms with Crippen LogP contribution in [0.4, 0.5) is 27.2 Å². The summed E-state index contributed by atoms with van der Waals surface area (Å²) in [6.07, 6.45) is -1.06. The number of piperidine rings is 2. The van der Waals surface area contributed by atoms with Crippen LogP contribution in [0.25, 0.3) is 0 Å². The second kappa shape index (κ2) is 17.4. The van der Waals surface area contributed by atoms with Crippen LogP contribution in [-0.4, -0.2) is 82.4 Å². The van der Waals surface area contributed by atoms with Crippen molar-refractivity contribution >= 4 is 23.9 Å². The molecule has 12 nitrogen and oxygen atoms in total. The molecule has 4 atom stereocenters. The lowest BCUT2D eigenvalue weighted by atomic mass is 9.75. The third-order valence-corrected chi connectivity index (χ3v) is 9.54. The highest BCUT2D eigenvalue weighted by Crippen LogP contribution is 2.37. The van der Waals surface area contributed by atoms with Gasteiger partial charge in [-0.05, 0) is 70.2 Å². The van der Waals surface area contributed by atoms with Gasteiger partial charge in [-0.1, -0.05) is 12.1 Å². The summed E-state index contributed by atoms with van der Waals surface area (Å²) in [6, 6.07) is 8.01. The number of nitrogens with zero attached hydrogens (tertiary/aromatic N) is 2. The first-order valence-electron chi connectivity index (χ1n) is 16.7. The summed E-state index contributed by atoms with van der Waals surface area (Å²) in [7, 11) is 1.26. The first-order chi connectivity index (χ1) is 24.7. The van der Waals surface area contributed by atoms with Crippen LogP contribution in [0.1, 0.15) is 68.8 Å². The molecule has 0 radical (unpaired) electrons. The Balaban J connectivity index is 0.000000233. The SMILES string of the molecule is CCOC(=O)CC(=O)[C@@H]1CCN(C(=O)O)[C@](C)(Cc2c(F)cccc2F)C1.COC(=O)N1CC[C@@H](c2cc(=O)[nH]o2)C[C@H]1Cc1c(F)cccc1F. The molecule has 2 amide bonds. The molecule has 0 unspecified atom stereocenters. The number of H-pyrrole nitrogens is 1. The summed E-state index contributed by atoms with van der Waals surface area (Å²) in [4.78, 5) is 61.5. The van der Waals surface area contributed by atoms with E-state index in [1.165, 1.54) is 42.3 Å². The van der Waals surface area contributed by atoms with E-state index < -0.39 is 65.3 Å². The summed E-state index contributed by atoms with van der Waals surface area (Å²) in [5.41, 5.74) is -1.81. The summed E-state index contributed by atoms with van der Waals surface area (Å²) in [5, 5.41) is 11.7. The van der Waals surface area contributed by atoms with E-state index in [0.717, 1.165) is 17.0 Å². The molecule has 3 heterocycles. The monoisotopic (exact) mass is 735 g/mol. The Kier molecular flexibility index (Phi) is 13.2. The smallest absolute Gasteiger partial charge is 0.409 e. The number of aromatic nitrogens is 1. The van der Waals surface area contributed by atoms with Gasteiger partial charge in [0.25, 0.3) is 5.56 Å². The summed E-state index contributed by atoms with van der Waals surface area (Å²) < 4.78 is 70.9. The van der Waals surface area contributed by atoms with Crippen LogP contribution < -0.4 is 5.56 Å². The standard InChI is InChI=1S/C19H23F2NO5.C17H18F2N2O4/c1-3-27-17(24)9-16(23)12-7-8-22(18(25)26)19(2,10-12)11-13-14(20)5-4-6-15(13)21;1-24-17(23)21-6-5-10(15-9-16(22)20-25-15)7-11(21)8-12-13(18)3-2-4-14(12)19/h4-6,12H,3,7-11H2,1-2H3,(H,25,26);2-4,9-11H,5-8H2,1H3,(H,20,22)/t12-,19+;10-,11+/m11/s1. The van der Waals surface area contributed by atoms with E-state index in [9.17, 15) is 46.6 Å². The zero-order chi connectivity index (χ0) is 38.2. The zero-order valence-electron chi connectivity index (χ0n) is 29.0. The molecule has 2 N–H and O–H groups in total. The van der Waals surface area contributed by atoms with Gasteiger partial charge in [0.2, 0.25) is 0 Å². The Morgan fingerprint density at radius 3 is 2.13 bits per heavy atom. The van der Waals surface area contributed by atoms with E-state index >= 15 is 0 Å². The van der Waals surface area contributed by atoms with Crippen molar-refractivity contribution in [2.45, 2.75) is 76.3 Å². The third kappa shape index (κ3) is 9.59. The van der Waals surface area contributed by atoms with Crippen LogP contribution in [0, 0.1) is 29.2 Å². The lowest BCUT2D eigenvalue weighted by Gasteiger charge is -2.46. The molecule has 16 heteroatoms. The Bertz CT molecular complexity index is 1770. The number of ketones is 1. The number of hydrogen-bond donors (Lipinski definition) is 2. The van der Waals surface area contributed by atoms with E-state index in [0.29, 0.717) is 25.1 Å². The maximum Gasteiger partial charge on any atom is 0.409 e. The number of carbonyl (C=O) groups is 4. The Morgan fingerprint density at radius 1 is 0.981 bits per heavy atom. The van der Waals surface area contributed by atoms with Crippen LogP contribution in [0.5, 0.6) is 0 Å². The molecule has 3 aromatic rings. The van der Waals surface area contributed by atoms with Crippen molar-refractivity contribution in [3.8, 4) is 0 Å². The third-order valence-electron chi connectivity index (χ3n) is 9.54. The fourth-order valence-corrected chi connectivity index (χ4v) is 6.97. The average molecular weight is 736 g/mol. The van der Waals surface area contributed by atoms with Gasteiger partial charge in [0.1, 0.15) is 41.2 Å².